The van der Waals surface area contributed by atoms with Crippen LogP contribution in [0, 0.1) is 0 Å². The van der Waals surface area contributed by atoms with Gasteiger partial charge in [-0.15, -0.1) is 0 Å². The Balaban J connectivity index is 1.89. The molecule has 2 rings (SSSR count). The molecule has 1 aromatic carbocycles. The molecule has 1 atom stereocenters. The number of benzene rings is 1. The summed E-state index contributed by atoms with van der Waals surface area (Å²) in [5, 5.41) is 7.03. The molecule has 1 aliphatic rings. The first-order chi connectivity index (χ1) is 10.9. The summed E-state index contributed by atoms with van der Waals surface area (Å²) in [6.07, 6.45) is 1.36. The minimum absolute atomic E-state index is 0.122. The van der Waals surface area contributed by atoms with Gasteiger partial charge in [-0.05, 0) is 63.8 Å². The molecule has 23 heavy (non-hydrogen) atoms. The topological polar surface area (TPSA) is 63.2 Å². The van der Waals surface area contributed by atoms with Gasteiger partial charge in [-0.25, -0.2) is 0 Å². The zero-order chi connectivity index (χ0) is 16.9. The van der Waals surface area contributed by atoms with Gasteiger partial charge in [0.15, 0.2) is 0 Å². The average Bonchev–Trinajstić information content (AvgIpc) is 2.95. The summed E-state index contributed by atoms with van der Waals surface area (Å²) in [5.74, 6) is 0.665. The highest BCUT2D eigenvalue weighted by Gasteiger charge is 2.41. The molecule has 1 heterocycles. The van der Waals surface area contributed by atoms with Crippen LogP contribution >= 0.6 is 0 Å². The third-order valence-corrected chi connectivity index (χ3v) is 3.83. The largest absolute Gasteiger partial charge is 0.497 e. The maximum Gasteiger partial charge on any atom is 0.267 e. The summed E-state index contributed by atoms with van der Waals surface area (Å²) in [5.41, 5.74) is 0.779. The van der Waals surface area contributed by atoms with E-state index < -0.39 is 5.60 Å². The average molecular weight is 319 g/mol. The fourth-order valence-electron chi connectivity index (χ4n) is 2.38. The van der Waals surface area contributed by atoms with Crippen molar-refractivity contribution in [3.05, 3.63) is 29.8 Å². The van der Waals surface area contributed by atoms with Crippen molar-refractivity contribution in [1.82, 2.24) is 10.2 Å². The van der Waals surface area contributed by atoms with Gasteiger partial charge in [0.05, 0.1) is 12.8 Å². The molecular weight excluding hydrogens is 294 g/mol. The molecule has 0 radical (unpaired) electrons. The summed E-state index contributed by atoms with van der Waals surface area (Å²) in [7, 11) is 5.65. The number of ether oxygens (including phenoxy) is 1. The van der Waals surface area contributed by atoms with Crippen LogP contribution in [0.2, 0.25) is 0 Å². The number of carbonyl (C=O) groups is 1. The van der Waals surface area contributed by atoms with E-state index in [1.54, 1.807) is 14.0 Å². The van der Waals surface area contributed by atoms with Crippen molar-refractivity contribution >= 4 is 11.6 Å². The van der Waals surface area contributed by atoms with E-state index in [2.05, 4.69) is 15.4 Å². The van der Waals surface area contributed by atoms with Crippen LogP contribution in [0.5, 0.6) is 5.75 Å². The molecule has 0 aliphatic carbocycles. The lowest BCUT2D eigenvalue weighted by molar-refractivity contribution is -0.141. The standard InChI is InChI=1S/C17H25N3O3/c1-17(16(21)18-10-5-11-20(2)3)12-15(19-23-17)13-6-8-14(22-4)9-7-13/h6-9H,5,10-12H2,1-4H3,(H,18,21)/t17-/m0/s1. The number of hydrogen-bond donors (Lipinski definition) is 1. The van der Waals surface area contributed by atoms with Crippen LogP contribution in [0.4, 0.5) is 0 Å². The van der Waals surface area contributed by atoms with Gasteiger partial charge in [-0.2, -0.15) is 0 Å². The van der Waals surface area contributed by atoms with E-state index in [4.69, 9.17) is 9.57 Å². The fourth-order valence-corrected chi connectivity index (χ4v) is 2.38. The first-order valence-corrected chi connectivity index (χ1v) is 7.77. The molecule has 1 N–H and O–H groups in total. The van der Waals surface area contributed by atoms with Gasteiger partial charge >= 0.3 is 0 Å². The molecule has 1 aromatic rings. The smallest absolute Gasteiger partial charge is 0.267 e. The molecule has 126 valence electrons. The third kappa shape index (κ3) is 4.45. The number of amides is 1. The SMILES string of the molecule is COc1ccc(C2=NO[C@](C)(C(=O)NCCCN(C)C)C2)cc1. The van der Waals surface area contributed by atoms with Crippen molar-refractivity contribution in [2.24, 2.45) is 5.16 Å². The van der Waals surface area contributed by atoms with E-state index in [0.29, 0.717) is 13.0 Å². The number of nitrogens with zero attached hydrogens (tertiary/aromatic N) is 2. The molecule has 0 bridgehead atoms. The van der Waals surface area contributed by atoms with Crippen molar-refractivity contribution in [3.8, 4) is 5.75 Å². The quantitative estimate of drug-likeness (QED) is 0.776. The molecule has 1 aliphatic heterocycles. The van der Waals surface area contributed by atoms with E-state index in [9.17, 15) is 4.79 Å². The first kappa shape index (κ1) is 17.3. The summed E-state index contributed by atoms with van der Waals surface area (Å²) < 4.78 is 5.14. The van der Waals surface area contributed by atoms with Gasteiger partial charge < -0.3 is 19.8 Å². The molecule has 0 unspecified atom stereocenters. The fraction of sp³-hybridized carbons (Fsp3) is 0.529. The van der Waals surface area contributed by atoms with E-state index in [-0.39, 0.29) is 5.91 Å². The van der Waals surface area contributed by atoms with Crippen molar-refractivity contribution < 1.29 is 14.4 Å². The summed E-state index contributed by atoms with van der Waals surface area (Å²) in [4.78, 5) is 19.9. The van der Waals surface area contributed by atoms with Gasteiger partial charge in [0.25, 0.3) is 5.91 Å². The summed E-state index contributed by atoms with van der Waals surface area (Å²) >= 11 is 0. The van der Waals surface area contributed by atoms with E-state index >= 15 is 0 Å². The Bertz CT molecular complexity index is 569. The second-order valence-electron chi connectivity index (χ2n) is 6.18. The second-order valence-corrected chi connectivity index (χ2v) is 6.18. The van der Waals surface area contributed by atoms with Crippen molar-refractivity contribution in [1.29, 1.82) is 0 Å². The Labute approximate surface area is 137 Å². The molecular formula is C17H25N3O3. The van der Waals surface area contributed by atoms with Gasteiger partial charge in [-0.3, -0.25) is 4.79 Å². The molecule has 0 fully saturated rings. The monoisotopic (exact) mass is 319 g/mol. The van der Waals surface area contributed by atoms with Crippen LogP contribution in [-0.2, 0) is 9.63 Å². The molecule has 6 heteroatoms. The summed E-state index contributed by atoms with van der Waals surface area (Å²) in [6.45, 7) is 3.34. The molecule has 0 saturated carbocycles. The number of rotatable bonds is 7. The number of hydrogen-bond acceptors (Lipinski definition) is 5. The predicted octanol–water partition coefficient (Wildman–Crippen LogP) is 1.65. The minimum Gasteiger partial charge on any atom is -0.497 e. The van der Waals surface area contributed by atoms with E-state index in [1.165, 1.54) is 0 Å². The van der Waals surface area contributed by atoms with E-state index in [1.807, 2.05) is 38.4 Å². The van der Waals surface area contributed by atoms with Crippen molar-refractivity contribution in [2.75, 3.05) is 34.3 Å². The maximum atomic E-state index is 12.3. The van der Waals surface area contributed by atoms with Crippen LogP contribution in [0.1, 0.15) is 25.3 Å². The second kappa shape index (κ2) is 7.46. The highest BCUT2D eigenvalue weighted by molar-refractivity contribution is 6.05. The maximum absolute atomic E-state index is 12.3. The molecule has 0 saturated heterocycles. The number of carbonyl (C=O) groups excluding carboxylic acids is 1. The molecule has 6 nitrogen and oxygen atoms in total. The van der Waals surface area contributed by atoms with Crippen molar-refractivity contribution in [2.45, 2.75) is 25.4 Å². The highest BCUT2D eigenvalue weighted by atomic mass is 16.7. The molecule has 0 spiro atoms. The zero-order valence-corrected chi connectivity index (χ0v) is 14.3. The first-order valence-electron chi connectivity index (χ1n) is 7.77. The van der Waals surface area contributed by atoms with E-state index in [0.717, 1.165) is 30.0 Å². The zero-order valence-electron chi connectivity index (χ0n) is 14.3. The van der Waals surface area contributed by atoms with Gasteiger partial charge in [0.1, 0.15) is 5.75 Å². The molecule has 0 aromatic heterocycles. The van der Waals surface area contributed by atoms with Gasteiger partial charge in [-0.1, -0.05) is 5.16 Å². The number of oxime groups is 1. The lowest BCUT2D eigenvalue weighted by Gasteiger charge is -2.20. The van der Waals surface area contributed by atoms with Gasteiger partial charge in [0.2, 0.25) is 5.60 Å². The Kier molecular flexibility index (Phi) is 5.60. The highest BCUT2D eigenvalue weighted by Crippen LogP contribution is 2.27. The lowest BCUT2D eigenvalue weighted by Crippen LogP contribution is -2.45. The minimum atomic E-state index is -0.937. The van der Waals surface area contributed by atoms with Crippen LogP contribution in [0.3, 0.4) is 0 Å². The molecule has 1 amide bonds. The Hall–Kier alpha value is -2.08. The third-order valence-electron chi connectivity index (χ3n) is 3.83. The van der Waals surface area contributed by atoms with Crippen LogP contribution in [0.25, 0.3) is 0 Å². The van der Waals surface area contributed by atoms with Crippen molar-refractivity contribution in [3.63, 3.8) is 0 Å². The van der Waals surface area contributed by atoms with Crippen LogP contribution in [0.15, 0.2) is 29.4 Å². The number of nitrogens with one attached hydrogen (secondary N) is 1. The Morgan fingerprint density at radius 2 is 2.09 bits per heavy atom. The Morgan fingerprint density at radius 1 is 1.39 bits per heavy atom. The normalized spacial score (nSPS) is 20.1. The van der Waals surface area contributed by atoms with Gasteiger partial charge in [0, 0.05) is 13.0 Å². The van der Waals surface area contributed by atoms with Crippen LogP contribution < -0.4 is 10.1 Å². The summed E-state index contributed by atoms with van der Waals surface area (Å²) in [6, 6.07) is 7.58. The number of methoxy groups -OCH3 is 1. The Morgan fingerprint density at radius 3 is 2.70 bits per heavy atom. The lowest BCUT2D eigenvalue weighted by atomic mass is 9.95. The van der Waals surface area contributed by atoms with Crippen LogP contribution in [-0.4, -0.2) is 56.4 Å². The predicted molar refractivity (Wildman–Crippen MR) is 89.8 cm³/mol.